The molecule has 0 atom stereocenters. The zero-order valence-electron chi connectivity index (χ0n) is 10.8. The first-order valence-corrected chi connectivity index (χ1v) is 8.47. The molecule has 1 aromatic rings. The normalized spacial score (nSPS) is 13.8. The van der Waals surface area contributed by atoms with Gasteiger partial charge in [-0.2, -0.15) is 8.42 Å². The van der Waals surface area contributed by atoms with E-state index in [0.29, 0.717) is 29.4 Å². The van der Waals surface area contributed by atoms with Crippen molar-refractivity contribution >= 4 is 39.5 Å². The van der Waals surface area contributed by atoms with E-state index in [0.717, 1.165) is 0 Å². The van der Waals surface area contributed by atoms with E-state index in [2.05, 4.69) is 10.3 Å². The number of nitrogens with two attached hydrogens (primary N) is 1. The number of hydrogen-bond donors (Lipinski definition) is 3. The molecule has 0 bridgehead atoms. The van der Waals surface area contributed by atoms with Gasteiger partial charge in [0.05, 0.1) is 5.69 Å². The summed E-state index contributed by atoms with van der Waals surface area (Å²) in [7, 11) is -4.45. The SMILES string of the molecule is CSc1cc2c(c(S(=O)(=O)O)c1NCCN)OCC=N2. The number of nitrogens with zero attached hydrogens (tertiary/aromatic N) is 1. The van der Waals surface area contributed by atoms with Gasteiger partial charge in [-0.05, 0) is 12.3 Å². The highest BCUT2D eigenvalue weighted by molar-refractivity contribution is 7.98. The minimum Gasteiger partial charge on any atom is -0.484 e. The summed E-state index contributed by atoms with van der Waals surface area (Å²) >= 11 is 1.34. The number of aliphatic imine (C=N–C) groups is 1. The quantitative estimate of drug-likeness (QED) is 0.550. The molecule has 9 heteroatoms. The first-order valence-electron chi connectivity index (χ1n) is 5.80. The molecule has 4 N–H and O–H groups in total. The molecule has 0 saturated heterocycles. The van der Waals surface area contributed by atoms with Crippen molar-refractivity contribution in [3.8, 4) is 5.75 Å². The van der Waals surface area contributed by atoms with E-state index in [1.54, 1.807) is 12.3 Å². The highest BCUT2D eigenvalue weighted by Crippen LogP contribution is 2.45. The Labute approximate surface area is 121 Å². The molecule has 1 aromatic carbocycles. The van der Waals surface area contributed by atoms with Crippen LogP contribution in [0, 0.1) is 0 Å². The van der Waals surface area contributed by atoms with Gasteiger partial charge in [-0.1, -0.05) is 0 Å². The fourth-order valence-corrected chi connectivity index (χ4v) is 3.38. The van der Waals surface area contributed by atoms with Crippen LogP contribution >= 0.6 is 11.8 Å². The second-order valence-corrected chi connectivity index (χ2v) is 6.15. The summed E-state index contributed by atoms with van der Waals surface area (Å²) in [6, 6.07) is 1.71. The number of thioether (sulfide) groups is 1. The Kier molecular flexibility index (Phi) is 4.53. The van der Waals surface area contributed by atoms with E-state index < -0.39 is 10.1 Å². The van der Waals surface area contributed by atoms with Crippen molar-refractivity contribution in [2.45, 2.75) is 9.79 Å². The molecule has 1 aliphatic heterocycles. The lowest BCUT2D eigenvalue weighted by Gasteiger charge is -2.20. The number of hydrogen-bond acceptors (Lipinski definition) is 7. The van der Waals surface area contributed by atoms with E-state index in [1.165, 1.54) is 18.0 Å². The first kappa shape index (κ1) is 15.1. The topological polar surface area (TPSA) is 114 Å². The molecule has 0 radical (unpaired) electrons. The molecule has 2 rings (SSSR count). The second-order valence-electron chi connectivity index (χ2n) is 3.94. The van der Waals surface area contributed by atoms with E-state index in [1.807, 2.05) is 0 Å². The number of rotatable bonds is 5. The summed E-state index contributed by atoms with van der Waals surface area (Å²) < 4.78 is 38.2. The van der Waals surface area contributed by atoms with E-state index >= 15 is 0 Å². The maximum atomic E-state index is 11.7. The second kappa shape index (κ2) is 6.00. The molecule has 0 aromatic heterocycles. The molecule has 0 fully saturated rings. The summed E-state index contributed by atoms with van der Waals surface area (Å²) in [5.74, 6) is 0.0623. The fourth-order valence-electron chi connectivity index (χ4n) is 1.87. The van der Waals surface area contributed by atoms with Crippen molar-refractivity contribution in [3.05, 3.63) is 6.07 Å². The monoisotopic (exact) mass is 317 g/mol. The van der Waals surface area contributed by atoms with Crippen LogP contribution in [0.25, 0.3) is 0 Å². The van der Waals surface area contributed by atoms with Crippen LogP contribution in [0.15, 0.2) is 20.8 Å². The Morgan fingerprint density at radius 2 is 2.35 bits per heavy atom. The Bertz CT molecular complexity index is 644. The molecule has 0 spiro atoms. The molecular formula is C11H15N3O4S2. The largest absolute Gasteiger partial charge is 0.484 e. The van der Waals surface area contributed by atoms with Crippen molar-refractivity contribution < 1.29 is 17.7 Å². The number of anilines is 1. The average Bonchev–Trinajstić information content (AvgIpc) is 2.42. The number of benzene rings is 1. The Morgan fingerprint density at radius 1 is 1.60 bits per heavy atom. The number of fused-ring (bicyclic) bond motifs is 1. The summed E-state index contributed by atoms with van der Waals surface area (Å²) in [4.78, 5) is 4.46. The molecule has 0 aliphatic carbocycles. The third kappa shape index (κ3) is 2.90. The molecule has 0 saturated carbocycles. The third-order valence-electron chi connectivity index (χ3n) is 2.64. The Hall–Kier alpha value is -1.29. The molecular weight excluding hydrogens is 302 g/mol. The van der Waals surface area contributed by atoms with Gasteiger partial charge in [0.15, 0.2) is 10.6 Å². The molecule has 1 aliphatic rings. The number of ether oxygens (including phenoxy) is 1. The lowest BCUT2D eigenvalue weighted by molar-refractivity contribution is 0.363. The van der Waals surface area contributed by atoms with Crippen molar-refractivity contribution in [3.63, 3.8) is 0 Å². The fraction of sp³-hybridized carbons (Fsp3) is 0.364. The minimum atomic E-state index is -4.45. The zero-order chi connectivity index (χ0) is 14.8. The van der Waals surface area contributed by atoms with Crippen LogP contribution in [0.1, 0.15) is 0 Å². The van der Waals surface area contributed by atoms with Crippen molar-refractivity contribution in [2.24, 2.45) is 10.7 Å². The molecule has 1 heterocycles. The number of nitrogens with one attached hydrogen (secondary N) is 1. The molecule has 110 valence electrons. The summed E-state index contributed by atoms with van der Waals surface area (Å²) in [5, 5.41) is 2.92. The van der Waals surface area contributed by atoms with E-state index in [-0.39, 0.29) is 17.3 Å². The van der Waals surface area contributed by atoms with Gasteiger partial charge in [0.2, 0.25) is 0 Å². The van der Waals surface area contributed by atoms with Gasteiger partial charge in [-0.3, -0.25) is 9.55 Å². The highest BCUT2D eigenvalue weighted by atomic mass is 32.2. The van der Waals surface area contributed by atoms with Gasteiger partial charge >= 0.3 is 0 Å². The van der Waals surface area contributed by atoms with Gasteiger partial charge in [0.1, 0.15) is 12.3 Å². The zero-order valence-corrected chi connectivity index (χ0v) is 12.4. The van der Waals surface area contributed by atoms with Gasteiger partial charge in [0, 0.05) is 24.2 Å². The lowest BCUT2D eigenvalue weighted by Crippen LogP contribution is -2.17. The van der Waals surface area contributed by atoms with Crippen LogP contribution in [-0.4, -0.2) is 45.1 Å². The van der Waals surface area contributed by atoms with Gasteiger partial charge < -0.3 is 15.8 Å². The van der Waals surface area contributed by atoms with Crippen molar-refractivity contribution in [2.75, 3.05) is 31.3 Å². The molecule has 0 unspecified atom stereocenters. The smallest absolute Gasteiger partial charge is 0.300 e. The standard InChI is InChI=1S/C11H15N3O4S2/c1-19-8-6-7-10(18-5-4-13-7)11(20(15,16)17)9(8)14-3-2-12/h4,6,14H,2-3,5,12H2,1H3,(H,15,16,17). The lowest BCUT2D eigenvalue weighted by atomic mass is 10.2. The van der Waals surface area contributed by atoms with E-state index in [9.17, 15) is 13.0 Å². The average molecular weight is 317 g/mol. The predicted octanol–water partition coefficient (Wildman–Crippen LogP) is 1.12. The first-order chi connectivity index (χ1) is 9.49. The van der Waals surface area contributed by atoms with Gasteiger partial charge in [0.25, 0.3) is 10.1 Å². The summed E-state index contributed by atoms with van der Waals surface area (Å²) in [6.45, 7) is 0.859. The maximum absolute atomic E-state index is 11.7. The summed E-state index contributed by atoms with van der Waals surface area (Å²) in [5.41, 5.74) is 6.10. The van der Waals surface area contributed by atoms with Crippen LogP contribution in [0.5, 0.6) is 5.75 Å². The Balaban J connectivity index is 2.72. The van der Waals surface area contributed by atoms with Crippen molar-refractivity contribution in [1.82, 2.24) is 0 Å². The minimum absolute atomic E-state index is 0.0623. The van der Waals surface area contributed by atoms with E-state index in [4.69, 9.17) is 10.5 Å². The van der Waals surface area contributed by atoms with Crippen LogP contribution in [0.2, 0.25) is 0 Å². The maximum Gasteiger partial charge on any atom is 0.300 e. The highest BCUT2D eigenvalue weighted by Gasteiger charge is 2.28. The van der Waals surface area contributed by atoms with Crippen molar-refractivity contribution in [1.29, 1.82) is 0 Å². The van der Waals surface area contributed by atoms with Crippen LogP contribution in [-0.2, 0) is 10.1 Å². The van der Waals surface area contributed by atoms with Gasteiger partial charge in [-0.15, -0.1) is 11.8 Å². The molecule has 7 nitrogen and oxygen atoms in total. The van der Waals surface area contributed by atoms with Gasteiger partial charge in [-0.25, -0.2) is 0 Å². The molecule has 20 heavy (non-hydrogen) atoms. The predicted molar refractivity (Wildman–Crippen MR) is 79.2 cm³/mol. The van der Waals surface area contributed by atoms with Crippen LogP contribution in [0.4, 0.5) is 11.4 Å². The Morgan fingerprint density at radius 3 is 2.95 bits per heavy atom. The summed E-state index contributed by atoms with van der Waals surface area (Å²) in [6.07, 6.45) is 3.34. The molecule has 0 amide bonds. The van der Waals surface area contributed by atoms with Crippen LogP contribution in [0.3, 0.4) is 0 Å². The third-order valence-corrected chi connectivity index (χ3v) is 4.30. The van der Waals surface area contributed by atoms with Crippen LogP contribution < -0.4 is 15.8 Å².